The third-order valence-electron chi connectivity index (χ3n) is 9.28. The standard InChI is InChI=1S/C31H36N4O8/c1-13-6-7-14(8-20(13)36)12-33-18-11-19(34(2)3)16-9-15-10-17-24(35(4)5)27(39)23(30(32)42)29(41)31(17,43)28(40)21(15)26(38)22(16)25(18)37/h6-8,11,15,17,21,23-24,33,36-37,43H,9-10,12H2,1-5H3,(H2,32,42). The van der Waals surface area contributed by atoms with E-state index < -0.39 is 64.4 Å². The number of benzene rings is 2. The molecule has 3 aliphatic rings. The monoisotopic (exact) mass is 592 g/mol. The number of aromatic hydroxyl groups is 2. The first kappa shape index (κ1) is 30.2. The molecule has 2 aromatic carbocycles. The van der Waals surface area contributed by atoms with Gasteiger partial charge in [0.2, 0.25) is 5.91 Å². The fraction of sp³-hybridized carbons (Fsp3) is 0.452. The molecular formula is C31H36N4O8. The third kappa shape index (κ3) is 4.47. The van der Waals surface area contributed by atoms with E-state index in [1.165, 1.54) is 4.90 Å². The number of carbonyl (C=O) groups excluding carboxylic acids is 5. The SMILES string of the molecule is Cc1ccc(CNc2cc(N(C)C)c3c(c2O)C(=O)C2C(=O)C4(O)C(=O)C(C(N)=O)C(=O)C(N(C)C)C4CC2C3)cc1O. The summed E-state index contributed by atoms with van der Waals surface area (Å²) < 4.78 is 0. The van der Waals surface area contributed by atoms with Crippen LogP contribution < -0.4 is 16.0 Å². The number of likely N-dealkylation sites (N-methyl/N-ethyl adjacent to an activating group) is 1. The van der Waals surface area contributed by atoms with Crippen LogP contribution in [0.15, 0.2) is 24.3 Å². The van der Waals surface area contributed by atoms with E-state index in [1.807, 2.05) is 6.07 Å². The van der Waals surface area contributed by atoms with E-state index in [1.54, 1.807) is 58.2 Å². The van der Waals surface area contributed by atoms with E-state index in [2.05, 4.69) is 5.32 Å². The third-order valence-corrected chi connectivity index (χ3v) is 9.28. The summed E-state index contributed by atoms with van der Waals surface area (Å²) >= 11 is 0. The lowest BCUT2D eigenvalue weighted by Crippen LogP contribution is -2.74. The number of rotatable bonds is 6. The minimum absolute atomic E-state index is 0.0194. The summed E-state index contributed by atoms with van der Waals surface area (Å²) in [4.78, 5) is 70.3. The Kier molecular flexibility index (Phi) is 7.34. The predicted octanol–water partition coefficient (Wildman–Crippen LogP) is 0.559. The van der Waals surface area contributed by atoms with Crippen molar-refractivity contribution < 1.29 is 39.3 Å². The number of hydrogen-bond acceptors (Lipinski definition) is 11. The predicted molar refractivity (Wildman–Crippen MR) is 156 cm³/mol. The Morgan fingerprint density at radius 1 is 1.07 bits per heavy atom. The Hall–Kier alpha value is -4.29. The van der Waals surface area contributed by atoms with Crippen LogP contribution in [0.2, 0.25) is 0 Å². The number of nitrogens with one attached hydrogen (secondary N) is 1. The largest absolute Gasteiger partial charge is 0.508 e. The molecule has 2 fully saturated rings. The van der Waals surface area contributed by atoms with E-state index in [-0.39, 0.29) is 42.1 Å². The maximum Gasteiger partial charge on any atom is 0.235 e. The highest BCUT2D eigenvalue weighted by molar-refractivity contribution is 6.32. The lowest BCUT2D eigenvalue weighted by atomic mass is 9.52. The quantitative estimate of drug-likeness (QED) is 0.233. The zero-order valence-electron chi connectivity index (χ0n) is 24.7. The van der Waals surface area contributed by atoms with Crippen LogP contribution in [0.1, 0.15) is 33.5 Å². The highest BCUT2D eigenvalue weighted by atomic mass is 16.3. The van der Waals surface area contributed by atoms with Crippen molar-refractivity contribution in [1.29, 1.82) is 0 Å². The zero-order chi connectivity index (χ0) is 31.7. The number of nitrogens with zero attached hydrogens (tertiary/aromatic N) is 2. The second-order valence-electron chi connectivity index (χ2n) is 12.3. The van der Waals surface area contributed by atoms with Gasteiger partial charge in [-0.3, -0.25) is 28.9 Å². The minimum atomic E-state index is -2.78. The van der Waals surface area contributed by atoms with Crippen molar-refractivity contribution in [3.8, 4) is 11.5 Å². The van der Waals surface area contributed by atoms with Crippen molar-refractivity contribution in [3.63, 3.8) is 0 Å². The van der Waals surface area contributed by atoms with Crippen molar-refractivity contribution in [2.45, 2.75) is 38.0 Å². The molecule has 0 bridgehead atoms. The second kappa shape index (κ2) is 10.5. The second-order valence-corrected chi connectivity index (χ2v) is 12.3. The van der Waals surface area contributed by atoms with Crippen LogP contribution in [0.5, 0.6) is 11.5 Å². The van der Waals surface area contributed by atoms with Crippen molar-refractivity contribution in [1.82, 2.24) is 4.90 Å². The summed E-state index contributed by atoms with van der Waals surface area (Å²) in [5, 5.41) is 36.3. The molecule has 0 aliphatic heterocycles. The van der Waals surface area contributed by atoms with Gasteiger partial charge >= 0.3 is 0 Å². The van der Waals surface area contributed by atoms with E-state index in [9.17, 15) is 39.3 Å². The number of nitrogens with two attached hydrogens (primary N) is 1. The van der Waals surface area contributed by atoms with Crippen LogP contribution >= 0.6 is 0 Å². The Labute approximate surface area is 248 Å². The number of amides is 1. The number of carbonyl (C=O) groups is 5. The molecule has 228 valence electrons. The number of fused-ring (bicyclic) bond motifs is 3. The van der Waals surface area contributed by atoms with Gasteiger partial charge in [0.05, 0.1) is 23.2 Å². The number of aryl methyl sites for hydroxylation is 1. The summed E-state index contributed by atoms with van der Waals surface area (Å²) in [6, 6.07) is 5.69. The van der Waals surface area contributed by atoms with Crippen LogP contribution in [0, 0.1) is 30.6 Å². The average Bonchev–Trinajstić information content (AvgIpc) is 2.91. The summed E-state index contributed by atoms with van der Waals surface area (Å²) in [6.45, 7) is 1.97. The van der Waals surface area contributed by atoms with E-state index in [0.29, 0.717) is 16.8 Å². The van der Waals surface area contributed by atoms with Gasteiger partial charge in [0.1, 0.15) is 11.5 Å². The first-order valence-corrected chi connectivity index (χ1v) is 14.0. The molecule has 0 saturated heterocycles. The van der Waals surface area contributed by atoms with Gasteiger partial charge in [0.25, 0.3) is 0 Å². The Morgan fingerprint density at radius 2 is 1.74 bits per heavy atom. The van der Waals surface area contributed by atoms with Crippen LogP contribution in [0.3, 0.4) is 0 Å². The summed E-state index contributed by atoms with van der Waals surface area (Å²) in [5.74, 6) is -10.8. The number of aliphatic hydroxyl groups is 1. The molecule has 12 heteroatoms. The van der Waals surface area contributed by atoms with Crippen molar-refractivity contribution >= 4 is 40.4 Å². The number of anilines is 2. The van der Waals surface area contributed by atoms with Crippen LogP contribution in [0.25, 0.3) is 0 Å². The van der Waals surface area contributed by atoms with Crippen molar-refractivity contribution in [2.24, 2.45) is 29.4 Å². The highest BCUT2D eigenvalue weighted by Gasteiger charge is 2.69. The van der Waals surface area contributed by atoms with Gasteiger partial charge in [-0.2, -0.15) is 0 Å². The molecule has 6 unspecified atom stereocenters. The summed E-state index contributed by atoms with van der Waals surface area (Å²) in [6.07, 6.45) is 0.146. The first-order chi connectivity index (χ1) is 20.1. The van der Waals surface area contributed by atoms with Gasteiger partial charge in [-0.1, -0.05) is 12.1 Å². The van der Waals surface area contributed by atoms with Gasteiger partial charge < -0.3 is 31.3 Å². The molecule has 0 radical (unpaired) electrons. The van der Waals surface area contributed by atoms with Gasteiger partial charge in [0.15, 0.2) is 34.7 Å². The first-order valence-electron chi connectivity index (χ1n) is 14.0. The van der Waals surface area contributed by atoms with E-state index >= 15 is 0 Å². The maximum atomic E-state index is 14.1. The lowest BCUT2D eigenvalue weighted by Gasteiger charge is -2.52. The van der Waals surface area contributed by atoms with Crippen molar-refractivity contribution in [2.75, 3.05) is 38.4 Å². The summed E-state index contributed by atoms with van der Waals surface area (Å²) in [5.41, 5.74) is 5.29. The normalized spacial score (nSPS) is 28.3. The van der Waals surface area contributed by atoms with Crippen LogP contribution in [-0.2, 0) is 32.1 Å². The number of hydrogen-bond donors (Lipinski definition) is 5. The van der Waals surface area contributed by atoms with Gasteiger partial charge in [0, 0.05) is 32.2 Å². The van der Waals surface area contributed by atoms with Gasteiger partial charge in [-0.05, 0) is 68.6 Å². The average molecular weight is 593 g/mol. The molecule has 2 aromatic rings. The van der Waals surface area contributed by atoms with E-state index in [0.717, 1.165) is 5.56 Å². The van der Waals surface area contributed by atoms with Crippen molar-refractivity contribution in [3.05, 3.63) is 46.5 Å². The molecule has 12 nitrogen and oxygen atoms in total. The van der Waals surface area contributed by atoms with Gasteiger partial charge in [-0.25, -0.2) is 0 Å². The molecule has 0 heterocycles. The number of phenols is 2. The molecule has 2 saturated carbocycles. The Bertz CT molecular complexity index is 1580. The van der Waals surface area contributed by atoms with E-state index in [4.69, 9.17) is 5.73 Å². The Morgan fingerprint density at radius 3 is 2.33 bits per heavy atom. The fourth-order valence-electron chi connectivity index (χ4n) is 7.15. The zero-order valence-corrected chi connectivity index (χ0v) is 24.7. The molecule has 5 rings (SSSR count). The number of ketones is 4. The highest BCUT2D eigenvalue weighted by Crippen LogP contribution is 2.52. The molecule has 0 spiro atoms. The molecule has 43 heavy (non-hydrogen) atoms. The molecule has 1 amide bonds. The molecular weight excluding hydrogens is 556 g/mol. The summed E-state index contributed by atoms with van der Waals surface area (Å²) in [7, 11) is 6.65. The molecule has 3 aliphatic carbocycles. The van der Waals surface area contributed by atoms with Crippen LogP contribution in [0.4, 0.5) is 11.4 Å². The topological polar surface area (TPSA) is 191 Å². The number of primary amides is 1. The van der Waals surface area contributed by atoms with Crippen LogP contribution in [-0.4, -0.2) is 89.1 Å². The smallest absolute Gasteiger partial charge is 0.235 e. The number of phenolic OH excluding ortho intramolecular Hbond substituents is 2. The lowest BCUT2D eigenvalue weighted by molar-refractivity contribution is -0.181. The fourth-order valence-corrected chi connectivity index (χ4v) is 7.15. The Balaban J connectivity index is 1.59. The minimum Gasteiger partial charge on any atom is -0.508 e. The maximum absolute atomic E-state index is 14.1. The molecule has 6 atom stereocenters. The number of Topliss-reactive ketones (excluding diaryl/α,β-unsaturated/α-hetero) is 4. The van der Waals surface area contributed by atoms with Gasteiger partial charge in [-0.15, -0.1) is 0 Å². The molecule has 0 aromatic heterocycles. The molecule has 6 N–H and O–H groups in total.